The van der Waals surface area contributed by atoms with Crippen LogP contribution in [0.4, 0.5) is 5.88 Å². The van der Waals surface area contributed by atoms with Crippen LogP contribution in [0.5, 0.6) is 0 Å². The van der Waals surface area contributed by atoms with Gasteiger partial charge in [0.05, 0.1) is 43.5 Å². The fraction of sp³-hybridized carbons (Fsp3) is 0.538. The maximum atomic E-state index is 13.1. The number of morpholine rings is 2. The summed E-state index contributed by atoms with van der Waals surface area (Å²) >= 11 is 0. The number of rotatable bonds is 3. The Labute approximate surface area is 210 Å². The second kappa shape index (κ2) is 11.5. The smallest absolute Gasteiger partial charge is 0.254 e. The molecule has 1 amide bonds. The Morgan fingerprint density at radius 2 is 1.69 bits per heavy atom. The molecule has 1 atom stereocenters. The molecule has 2 aromatic rings. The first kappa shape index (κ1) is 26.3. The van der Waals surface area contributed by atoms with E-state index in [1.54, 1.807) is 31.7 Å². The summed E-state index contributed by atoms with van der Waals surface area (Å²) in [5.74, 6) is 0.464. The number of anilines is 1. The molecule has 196 valence electrons. The van der Waals surface area contributed by atoms with Gasteiger partial charge in [-0.25, -0.2) is 4.89 Å². The lowest BCUT2D eigenvalue weighted by Gasteiger charge is -2.28. The van der Waals surface area contributed by atoms with E-state index in [1.165, 1.54) is 6.07 Å². The van der Waals surface area contributed by atoms with Crippen LogP contribution in [0.1, 0.15) is 42.7 Å². The fourth-order valence-corrected chi connectivity index (χ4v) is 4.20. The fourth-order valence-electron chi connectivity index (χ4n) is 4.20. The maximum Gasteiger partial charge on any atom is 0.254 e. The number of amides is 1. The Balaban J connectivity index is 0.000000455. The monoisotopic (exact) mass is 501 g/mol. The minimum absolute atomic E-state index is 0.0833. The summed E-state index contributed by atoms with van der Waals surface area (Å²) in [5.41, 5.74) is 1.31. The van der Waals surface area contributed by atoms with Gasteiger partial charge in [-0.15, -0.1) is 0 Å². The van der Waals surface area contributed by atoms with Gasteiger partial charge in [0.1, 0.15) is 5.58 Å². The summed E-state index contributed by atoms with van der Waals surface area (Å²) in [6, 6.07) is 4.95. The zero-order valence-electron chi connectivity index (χ0n) is 21.1. The number of carbonyl (C=O) groups is 1. The Hall–Kier alpha value is -2.76. The first-order valence-corrected chi connectivity index (χ1v) is 12.3. The highest BCUT2D eigenvalue weighted by Crippen LogP contribution is 2.30. The number of hydrogen-bond acceptors (Lipinski definition) is 9. The molecule has 5 rings (SSSR count). The molecule has 3 aliphatic rings. The quantitative estimate of drug-likeness (QED) is 0.372. The van der Waals surface area contributed by atoms with Gasteiger partial charge in [-0.1, -0.05) is 12.2 Å². The maximum absolute atomic E-state index is 13.1. The van der Waals surface area contributed by atoms with E-state index in [-0.39, 0.29) is 17.4 Å². The van der Waals surface area contributed by atoms with Gasteiger partial charge in [0.2, 0.25) is 0 Å². The second-order valence-corrected chi connectivity index (χ2v) is 9.91. The zero-order valence-corrected chi connectivity index (χ0v) is 21.1. The van der Waals surface area contributed by atoms with Crippen LogP contribution >= 0.6 is 0 Å². The molecule has 0 radical (unpaired) electrons. The first-order valence-electron chi connectivity index (χ1n) is 12.3. The number of nitrogens with zero attached hydrogens (tertiary/aromatic N) is 2. The molecule has 0 spiro atoms. The van der Waals surface area contributed by atoms with E-state index in [1.807, 2.05) is 23.1 Å². The van der Waals surface area contributed by atoms with E-state index in [0.29, 0.717) is 75.0 Å². The average Bonchev–Trinajstić information content (AvgIpc) is 3.44. The van der Waals surface area contributed by atoms with Crippen molar-refractivity contribution in [2.45, 2.75) is 32.4 Å². The number of carbonyl (C=O) groups excluding carboxylic acids is 1. The Kier molecular flexibility index (Phi) is 8.43. The molecule has 2 fully saturated rings. The number of nitrogens with one attached hydrogen (secondary N) is 1. The van der Waals surface area contributed by atoms with E-state index >= 15 is 0 Å². The standard InChI is InChI=1S/C22H25N3O5.C4H10O2/c26-19-14-20(24-4-8-28-9-5-24)30-21-16(18-2-1-3-23-18)12-15(13-17(19)21)22(27)25-6-10-29-11-7-25;1-4(2,3)6-5/h1-2,12-14,18,23H,3-11H2;5H,1-3H3. The second-order valence-electron chi connectivity index (χ2n) is 9.91. The molecule has 4 heterocycles. The summed E-state index contributed by atoms with van der Waals surface area (Å²) in [6.45, 7) is 10.8. The number of fused-ring (bicyclic) bond motifs is 1. The first-order chi connectivity index (χ1) is 17.3. The highest BCUT2D eigenvalue weighted by Gasteiger charge is 2.25. The van der Waals surface area contributed by atoms with Crippen molar-refractivity contribution in [1.29, 1.82) is 0 Å². The highest BCUT2D eigenvalue weighted by molar-refractivity contribution is 5.99. The molecule has 10 heteroatoms. The van der Waals surface area contributed by atoms with Crippen LogP contribution in [-0.4, -0.2) is 80.8 Å². The van der Waals surface area contributed by atoms with Crippen molar-refractivity contribution < 1.29 is 28.8 Å². The van der Waals surface area contributed by atoms with Crippen LogP contribution in [0.15, 0.2) is 39.6 Å². The average molecular weight is 502 g/mol. The molecule has 2 saturated heterocycles. The van der Waals surface area contributed by atoms with Gasteiger partial charge in [0, 0.05) is 49.9 Å². The van der Waals surface area contributed by atoms with Gasteiger partial charge in [-0.2, -0.15) is 0 Å². The molecular formula is C26H35N3O7. The molecule has 1 unspecified atom stereocenters. The molecule has 36 heavy (non-hydrogen) atoms. The van der Waals surface area contributed by atoms with Gasteiger partial charge in [-0.05, 0) is 32.9 Å². The summed E-state index contributed by atoms with van der Waals surface area (Å²) in [7, 11) is 0. The third-order valence-electron chi connectivity index (χ3n) is 6.11. The van der Waals surface area contributed by atoms with Gasteiger partial charge in [-0.3, -0.25) is 14.8 Å². The van der Waals surface area contributed by atoms with E-state index in [9.17, 15) is 9.59 Å². The van der Waals surface area contributed by atoms with E-state index < -0.39 is 5.60 Å². The predicted octanol–water partition coefficient (Wildman–Crippen LogP) is 2.58. The third-order valence-corrected chi connectivity index (χ3v) is 6.11. The van der Waals surface area contributed by atoms with Crippen molar-refractivity contribution in [2.24, 2.45) is 0 Å². The van der Waals surface area contributed by atoms with E-state index in [4.69, 9.17) is 19.1 Å². The molecule has 1 aromatic carbocycles. The molecule has 0 saturated carbocycles. The molecule has 2 N–H and O–H groups in total. The highest BCUT2D eigenvalue weighted by atomic mass is 17.1. The van der Waals surface area contributed by atoms with Crippen molar-refractivity contribution in [3.05, 3.63) is 51.7 Å². The molecular weight excluding hydrogens is 466 g/mol. The number of hydrogen-bond donors (Lipinski definition) is 2. The Morgan fingerprint density at radius 1 is 1.06 bits per heavy atom. The van der Waals surface area contributed by atoms with Crippen LogP contribution < -0.4 is 15.6 Å². The summed E-state index contributed by atoms with van der Waals surface area (Å²) in [5, 5.41) is 11.7. The van der Waals surface area contributed by atoms with E-state index in [0.717, 1.165) is 12.1 Å². The molecule has 3 aliphatic heterocycles. The van der Waals surface area contributed by atoms with Gasteiger partial charge in [0.25, 0.3) is 5.91 Å². The number of ether oxygens (including phenoxy) is 2. The SMILES string of the molecule is CC(C)(C)OO.O=C(c1cc(C2C=CCN2)c2oc(N3CCOCC3)cc(=O)c2c1)N1CCOCC1. The molecule has 10 nitrogen and oxygen atoms in total. The normalized spacial score (nSPS) is 20.4. The summed E-state index contributed by atoms with van der Waals surface area (Å²) < 4.78 is 17.0. The van der Waals surface area contributed by atoms with Crippen molar-refractivity contribution in [3.63, 3.8) is 0 Å². The van der Waals surface area contributed by atoms with Crippen LogP contribution in [0.3, 0.4) is 0 Å². The lowest BCUT2D eigenvalue weighted by molar-refractivity contribution is -0.306. The third kappa shape index (κ3) is 6.32. The minimum atomic E-state index is -0.403. The topological polar surface area (TPSA) is 114 Å². The Morgan fingerprint density at radius 3 is 2.28 bits per heavy atom. The van der Waals surface area contributed by atoms with Crippen molar-refractivity contribution >= 4 is 22.8 Å². The van der Waals surface area contributed by atoms with Crippen LogP contribution in [-0.2, 0) is 14.4 Å². The molecule has 1 aromatic heterocycles. The number of benzene rings is 1. The van der Waals surface area contributed by atoms with Crippen molar-refractivity contribution in [1.82, 2.24) is 10.2 Å². The predicted molar refractivity (Wildman–Crippen MR) is 136 cm³/mol. The van der Waals surface area contributed by atoms with E-state index in [2.05, 4.69) is 10.2 Å². The van der Waals surface area contributed by atoms with Crippen LogP contribution in [0, 0.1) is 0 Å². The molecule has 0 aliphatic carbocycles. The van der Waals surface area contributed by atoms with Crippen molar-refractivity contribution in [2.75, 3.05) is 64.1 Å². The zero-order chi connectivity index (χ0) is 25.7. The lowest BCUT2D eigenvalue weighted by Crippen LogP contribution is -2.40. The summed E-state index contributed by atoms with van der Waals surface area (Å²) in [6.07, 6.45) is 4.08. The van der Waals surface area contributed by atoms with Gasteiger partial charge < -0.3 is 29.0 Å². The Bertz CT molecular complexity index is 1140. The largest absolute Gasteiger partial charge is 0.440 e. The van der Waals surface area contributed by atoms with Gasteiger partial charge in [0.15, 0.2) is 11.3 Å². The molecule has 0 bridgehead atoms. The summed E-state index contributed by atoms with van der Waals surface area (Å²) in [4.78, 5) is 33.9. The lowest BCUT2D eigenvalue weighted by atomic mass is 9.99. The van der Waals surface area contributed by atoms with Crippen molar-refractivity contribution in [3.8, 4) is 0 Å². The van der Waals surface area contributed by atoms with Crippen LogP contribution in [0.2, 0.25) is 0 Å². The van der Waals surface area contributed by atoms with Gasteiger partial charge >= 0.3 is 0 Å². The minimum Gasteiger partial charge on any atom is -0.440 e. The van der Waals surface area contributed by atoms with Crippen LogP contribution in [0.25, 0.3) is 11.0 Å².